The molecule has 1 unspecified atom stereocenters. The van der Waals surface area contributed by atoms with Crippen LogP contribution in [0.25, 0.3) is 5.76 Å². The van der Waals surface area contributed by atoms with Crippen LogP contribution in [0.15, 0.2) is 78.6 Å². The standard InChI is InChI=1S/C25H22N2O4/c1-16-13-19(31-2)10-11-20(16)23(28)21-22(18-8-4-3-5-9-18)27(25(30)24(21)29)15-17-7-6-12-26-14-17/h3-14,22,28H,15H2,1-2H3/b23-21+. The second-order valence-electron chi connectivity index (χ2n) is 7.38. The summed E-state index contributed by atoms with van der Waals surface area (Å²) in [6.07, 6.45) is 3.31. The first-order valence-electron chi connectivity index (χ1n) is 9.88. The van der Waals surface area contributed by atoms with Crippen molar-refractivity contribution in [3.8, 4) is 5.75 Å². The molecule has 6 nitrogen and oxygen atoms in total. The zero-order valence-corrected chi connectivity index (χ0v) is 17.3. The molecule has 6 heteroatoms. The Morgan fingerprint density at radius 3 is 2.52 bits per heavy atom. The lowest BCUT2D eigenvalue weighted by atomic mass is 9.94. The van der Waals surface area contributed by atoms with Gasteiger partial charge in [-0.2, -0.15) is 0 Å². The van der Waals surface area contributed by atoms with E-state index in [9.17, 15) is 14.7 Å². The highest BCUT2D eigenvalue weighted by molar-refractivity contribution is 6.46. The second kappa shape index (κ2) is 8.44. The van der Waals surface area contributed by atoms with Gasteiger partial charge < -0.3 is 14.7 Å². The van der Waals surface area contributed by atoms with Crippen molar-refractivity contribution in [2.75, 3.05) is 7.11 Å². The molecule has 31 heavy (non-hydrogen) atoms. The summed E-state index contributed by atoms with van der Waals surface area (Å²) in [6, 6.07) is 17.4. The molecule has 156 valence electrons. The van der Waals surface area contributed by atoms with Gasteiger partial charge in [0.05, 0.1) is 18.7 Å². The molecule has 1 N–H and O–H groups in total. The van der Waals surface area contributed by atoms with Crippen LogP contribution in [0.4, 0.5) is 0 Å². The van der Waals surface area contributed by atoms with Gasteiger partial charge >= 0.3 is 0 Å². The number of rotatable bonds is 5. The van der Waals surface area contributed by atoms with Crippen molar-refractivity contribution < 1.29 is 19.4 Å². The number of aromatic nitrogens is 1. The van der Waals surface area contributed by atoms with Gasteiger partial charge in [0.2, 0.25) is 0 Å². The molecule has 0 radical (unpaired) electrons. The van der Waals surface area contributed by atoms with Gasteiger partial charge in [-0.1, -0.05) is 36.4 Å². The van der Waals surface area contributed by atoms with Crippen molar-refractivity contribution >= 4 is 17.4 Å². The number of ether oxygens (including phenoxy) is 1. The zero-order valence-electron chi connectivity index (χ0n) is 17.3. The van der Waals surface area contributed by atoms with E-state index in [1.54, 1.807) is 43.8 Å². The van der Waals surface area contributed by atoms with E-state index in [2.05, 4.69) is 4.98 Å². The maximum absolute atomic E-state index is 13.1. The molecule has 1 aliphatic rings. The fraction of sp³-hybridized carbons (Fsp3) is 0.160. The summed E-state index contributed by atoms with van der Waals surface area (Å²) in [5, 5.41) is 11.2. The third-order valence-electron chi connectivity index (χ3n) is 5.42. The number of Topliss-reactive ketones (excluding diaryl/α,β-unsaturated/α-hetero) is 1. The van der Waals surface area contributed by atoms with Crippen LogP contribution >= 0.6 is 0 Å². The predicted molar refractivity (Wildman–Crippen MR) is 116 cm³/mol. The molecular formula is C25H22N2O4. The quantitative estimate of drug-likeness (QED) is 0.388. The van der Waals surface area contributed by atoms with E-state index >= 15 is 0 Å². The van der Waals surface area contributed by atoms with Crippen molar-refractivity contribution in [3.63, 3.8) is 0 Å². The van der Waals surface area contributed by atoms with E-state index in [0.29, 0.717) is 11.3 Å². The summed E-state index contributed by atoms with van der Waals surface area (Å²) in [5.74, 6) is -0.900. The Morgan fingerprint density at radius 1 is 1.10 bits per heavy atom. The summed E-state index contributed by atoms with van der Waals surface area (Å²) in [5.41, 5.74) is 2.85. The molecule has 1 aromatic heterocycles. The Hall–Kier alpha value is -3.93. The van der Waals surface area contributed by atoms with Gasteiger partial charge in [-0.25, -0.2) is 0 Å². The number of hydrogen-bond acceptors (Lipinski definition) is 5. The Bertz CT molecular complexity index is 1160. The van der Waals surface area contributed by atoms with E-state index in [0.717, 1.165) is 16.7 Å². The molecule has 1 atom stereocenters. The molecule has 0 saturated carbocycles. The largest absolute Gasteiger partial charge is 0.507 e. The number of carbonyl (C=O) groups is 2. The van der Waals surface area contributed by atoms with Crippen molar-refractivity contribution in [1.82, 2.24) is 9.88 Å². The fourth-order valence-corrected chi connectivity index (χ4v) is 3.89. The number of aliphatic hydroxyl groups excluding tert-OH is 1. The van der Waals surface area contributed by atoms with E-state index in [4.69, 9.17) is 4.74 Å². The Balaban J connectivity index is 1.86. The lowest BCUT2D eigenvalue weighted by molar-refractivity contribution is -0.140. The summed E-state index contributed by atoms with van der Waals surface area (Å²) in [6.45, 7) is 2.02. The molecule has 0 aliphatic carbocycles. The highest BCUT2D eigenvalue weighted by Crippen LogP contribution is 2.40. The summed E-state index contributed by atoms with van der Waals surface area (Å²) in [7, 11) is 1.56. The third-order valence-corrected chi connectivity index (χ3v) is 5.42. The number of aliphatic hydroxyl groups is 1. The van der Waals surface area contributed by atoms with Crippen molar-refractivity contribution in [3.05, 3.63) is 101 Å². The number of pyridine rings is 1. The van der Waals surface area contributed by atoms with Crippen LogP contribution in [0.3, 0.4) is 0 Å². The van der Waals surface area contributed by atoms with Crippen molar-refractivity contribution in [2.24, 2.45) is 0 Å². The Morgan fingerprint density at radius 2 is 1.87 bits per heavy atom. The van der Waals surface area contributed by atoms with Crippen LogP contribution in [-0.4, -0.2) is 33.8 Å². The normalized spacial score (nSPS) is 17.7. The van der Waals surface area contributed by atoms with Gasteiger partial charge in [-0.05, 0) is 47.9 Å². The molecule has 4 rings (SSSR count). The molecule has 1 fully saturated rings. The first kappa shape index (κ1) is 20.3. The lowest BCUT2D eigenvalue weighted by Gasteiger charge is -2.25. The van der Waals surface area contributed by atoms with E-state index in [1.165, 1.54) is 4.90 Å². The zero-order chi connectivity index (χ0) is 22.0. The summed E-state index contributed by atoms with van der Waals surface area (Å²) >= 11 is 0. The van der Waals surface area contributed by atoms with E-state index < -0.39 is 17.7 Å². The van der Waals surface area contributed by atoms with Crippen LogP contribution in [-0.2, 0) is 16.1 Å². The molecule has 0 bridgehead atoms. The molecule has 1 amide bonds. The van der Waals surface area contributed by atoms with Gasteiger partial charge in [0.25, 0.3) is 11.7 Å². The van der Waals surface area contributed by atoms with Gasteiger partial charge in [-0.3, -0.25) is 14.6 Å². The Kier molecular flexibility index (Phi) is 5.54. The molecule has 3 aromatic rings. The smallest absolute Gasteiger partial charge is 0.295 e. The Labute approximate surface area is 180 Å². The average molecular weight is 414 g/mol. The van der Waals surface area contributed by atoms with Gasteiger partial charge in [0, 0.05) is 24.5 Å². The number of ketones is 1. The molecule has 2 aromatic carbocycles. The average Bonchev–Trinajstić information content (AvgIpc) is 3.04. The maximum atomic E-state index is 13.1. The monoisotopic (exact) mass is 414 g/mol. The summed E-state index contributed by atoms with van der Waals surface area (Å²) in [4.78, 5) is 31.7. The van der Waals surface area contributed by atoms with Gasteiger partial charge in [0.1, 0.15) is 11.5 Å². The minimum absolute atomic E-state index is 0.0772. The van der Waals surface area contributed by atoms with Crippen LogP contribution in [0, 0.1) is 6.92 Å². The molecule has 2 heterocycles. The van der Waals surface area contributed by atoms with E-state index in [-0.39, 0.29) is 17.9 Å². The molecule has 1 saturated heterocycles. The van der Waals surface area contributed by atoms with E-state index in [1.807, 2.05) is 43.3 Å². The first-order chi connectivity index (χ1) is 15.0. The predicted octanol–water partition coefficient (Wildman–Crippen LogP) is 4.02. The van der Waals surface area contributed by atoms with Gasteiger partial charge in [0.15, 0.2) is 0 Å². The third kappa shape index (κ3) is 3.80. The minimum atomic E-state index is -0.706. The second-order valence-corrected chi connectivity index (χ2v) is 7.38. The fourth-order valence-electron chi connectivity index (χ4n) is 3.89. The molecule has 0 spiro atoms. The number of methoxy groups -OCH3 is 1. The van der Waals surface area contributed by atoms with Crippen LogP contribution in [0.5, 0.6) is 5.75 Å². The molecular weight excluding hydrogens is 392 g/mol. The number of aryl methyl sites for hydroxylation is 1. The van der Waals surface area contributed by atoms with Crippen molar-refractivity contribution in [1.29, 1.82) is 0 Å². The first-order valence-corrected chi connectivity index (χ1v) is 9.88. The summed E-state index contributed by atoms with van der Waals surface area (Å²) < 4.78 is 5.23. The SMILES string of the molecule is COc1ccc(/C(O)=C2\C(=O)C(=O)N(Cc3cccnc3)C2c2ccccc2)c(C)c1. The lowest BCUT2D eigenvalue weighted by Crippen LogP contribution is -2.29. The number of likely N-dealkylation sites (tertiary alicyclic amines) is 1. The van der Waals surface area contributed by atoms with Gasteiger partial charge in [-0.15, -0.1) is 0 Å². The number of amides is 1. The minimum Gasteiger partial charge on any atom is -0.507 e. The van der Waals surface area contributed by atoms with Crippen LogP contribution < -0.4 is 4.74 Å². The highest BCUT2D eigenvalue weighted by atomic mass is 16.5. The number of benzene rings is 2. The highest BCUT2D eigenvalue weighted by Gasteiger charge is 2.46. The number of nitrogens with zero attached hydrogens (tertiary/aromatic N) is 2. The topological polar surface area (TPSA) is 79.7 Å². The van der Waals surface area contributed by atoms with Crippen LogP contribution in [0.1, 0.15) is 28.3 Å². The van der Waals surface area contributed by atoms with Crippen LogP contribution in [0.2, 0.25) is 0 Å². The maximum Gasteiger partial charge on any atom is 0.295 e. The molecule has 1 aliphatic heterocycles. The number of carbonyl (C=O) groups excluding carboxylic acids is 2. The number of hydrogen-bond donors (Lipinski definition) is 1. The van der Waals surface area contributed by atoms with Crippen molar-refractivity contribution in [2.45, 2.75) is 19.5 Å².